The van der Waals surface area contributed by atoms with Crippen molar-refractivity contribution >= 4 is 17.3 Å². The molecule has 0 aliphatic heterocycles. The molecule has 0 saturated heterocycles. The van der Waals surface area contributed by atoms with Crippen molar-refractivity contribution in [2.45, 2.75) is 27.2 Å². The van der Waals surface area contributed by atoms with Gasteiger partial charge in [0.2, 0.25) is 5.91 Å². The second-order valence-corrected chi connectivity index (χ2v) is 3.64. The molecule has 0 aliphatic carbocycles. The molecule has 2 N–H and O–H groups in total. The van der Waals surface area contributed by atoms with E-state index in [9.17, 15) is 4.79 Å². The highest BCUT2D eigenvalue weighted by atomic mass is 16.1. The molecule has 15 heavy (non-hydrogen) atoms. The molecule has 0 radical (unpaired) electrons. The molecule has 1 amide bonds. The van der Waals surface area contributed by atoms with E-state index in [1.807, 2.05) is 25.1 Å². The van der Waals surface area contributed by atoms with Crippen LogP contribution < -0.4 is 10.6 Å². The van der Waals surface area contributed by atoms with Crippen molar-refractivity contribution < 1.29 is 4.79 Å². The van der Waals surface area contributed by atoms with E-state index in [-0.39, 0.29) is 5.91 Å². The quantitative estimate of drug-likeness (QED) is 0.795. The highest BCUT2D eigenvalue weighted by molar-refractivity contribution is 5.89. The summed E-state index contributed by atoms with van der Waals surface area (Å²) in [6, 6.07) is 5.88. The molecule has 0 saturated carbocycles. The predicted molar refractivity (Wildman–Crippen MR) is 64.3 cm³/mol. The number of carbonyl (C=O) groups excluding carboxylic acids is 1. The Bertz CT molecular complexity index is 347. The van der Waals surface area contributed by atoms with Crippen LogP contribution >= 0.6 is 0 Å². The number of benzene rings is 1. The van der Waals surface area contributed by atoms with Gasteiger partial charge >= 0.3 is 0 Å². The van der Waals surface area contributed by atoms with Crippen molar-refractivity contribution in [3.8, 4) is 0 Å². The summed E-state index contributed by atoms with van der Waals surface area (Å²) in [5.74, 6) is -0.0383. The van der Waals surface area contributed by atoms with Crippen LogP contribution in [0.25, 0.3) is 0 Å². The Morgan fingerprint density at radius 1 is 1.40 bits per heavy atom. The lowest BCUT2D eigenvalue weighted by atomic mass is 10.1. The van der Waals surface area contributed by atoms with E-state index >= 15 is 0 Å². The lowest BCUT2D eigenvalue weighted by Gasteiger charge is -2.10. The third kappa shape index (κ3) is 3.62. The highest BCUT2D eigenvalue weighted by Gasteiger charge is 2.00. The van der Waals surface area contributed by atoms with Crippen molar-refractivity contribution in [2.75, 3.05) is 17.2 Å². The van der Waals surface area contributed by atoms with Crippen molar-refractivity contribution in [1.29, 1.82) is 0 Å². The first-order valence-electron chi connectivity index (χ1n) is 5.25. The molecule has 0 bridgehead atoms. The Hall–Kier alpha value is -1.51. The van der Waals surface area contributed by atoms with Gasteiger partial charge in [-0.2, -0.15) is 0 Å². The molecular weight excluding hydrogens is 188 g/mol. The minimum Gasteiger partial charge on any atom is -0.385 e. The maximum Gasteiger partial charge on any atom is 0.221 e. The first kappa shape index (κ1) is 11.6. The van der Waals surface area contributed by atoms with Gasteiger partial charge in [-0.3, -0.25) is 4.79 Å². The molecule has 3 nitrogen and oxygen atoms in total. The zero-order chi connectivity index (χ0) is 11.3. The minimum absolute atomic E-state index is 0.0383. The number of anilines is 2. The zero-order valence-electron chi connectivity index (χ0n) is 9.55. The molecule has 0 spiro atoms. The normalized spacial score (nSPS) is 9.80. The Balaban J connectivity index is 2.74. The van der Waals surface area contributed by atoms with Crippen molar-refractivity contribution in [1.82, 2.24) is 0 Å². The van der Waals surface area contributed by atoms with Gasteiger partial charge in [0.05, 0.1) is 0 Å². The lowest BCUT2D eigenvalue weighted by Crippen LogP contribution is -2.07. The maximum absolute atomic E-state index is 10.9. The van der Waals surface area contributed by atoms with Crippen molar-refractivity contribution in [2.24, 2.45) is 0 Å². The van der Waals surface area contributed by atoms with Gasteiger partial charge in [0.25, 0.3) is 0 Å². The van der Waals surface area contributed by atoms with Crippen LogP contribution in [0.3, 0.4) is 0 Å². The third-order valence-corrected chi connectivity index (χ3v) is 2.11. The van der Waals surface area contributed by atoms with Crippen LogP contribution in [0, 0.1) is 6.92 Å². The van der Waals surface area contributed by atoms with Crippen LogP contribution in [0.2, 0.25) is 0 Å². The van der Waals surface area contributed by atoms with Gasteiger partial charge in [0.15, 0.2) is 0 Å². The molecule has 0 atom stereocenters. The second-order valence-electron chi connectivity index (χ2n) is 3.64. The first-order chi connectivity index (χ1) is 7.13. The fourth-order valence-corrected chi connectivity index (χ4v) is 1.40. The third-order valence-electron chi connectivity index (χ3n) is 2.11. The molecule has 0 aliphatic rings. The average Bonchev–Trinajstić information content (AvgIpc) is 2.15. The number of aryl methyl sites for hydroxylation is 1. The number of hydrogen-bond donors (Lipinski definition) is 2. The molecule has 1 rings (SSSR count). The number of hydrogen-bond acceptors (Lipinski definition) is 2. The SMILES string of the molecule is CCCNc1ccc(NC(C)=O)cc1C. The molecule has 1 aromatic carbocycles. The van der Waals surface area contributed by atoms with Crippen LogP contribution in [-0.2, 0) is 4.79 Å². The fraction of sp³-hybridized carbons (Fsp3) is 0.417. The van der Waals surface area contributed by atoms with E-state index in [2.05, 4.69) is 17.6 Å². The van der Waals surface area contributed by atoms with E-state index in [0.29, 0.717) is 0 Å². The Morgan fingerprint density at radius 3 is 2.67 bits per heavy atom. The van der Waals surface area contributed by atoms with Gasteiger partial charge in [-0.15, -0.1) is 0 Å². The predicted octanol–water partition coefficient (Wildman–Crippen LogP) is 2.78. The summed E-state index contributed by atoms with van der Waals surface area (Å²) in [7, 11) is 0. The van der Waals surface area contributed by atoms with Gasteiger partial charge < -0.3 is 10.6 Å². The maximum atomic E-state index is 10.9. The fourth-order valence-electron chi connectivity index (χ4n) is 1.40. The zero-order valence-corrected chi connectivity index (χ0v) is 9.55. The van der Waals surface area contributed by atoms with E-state index in [1.165, 1.54) is 6.92 Å². The summed E-state index contributed by atoms with van der Waals surface area (Å²) in [6.07, 6.45) is 1.10. The lowest BCUT2D eigenvalue weighted by molar-refractivity contribution is -0.114. The Kier molecular flexibility index (Phi) is 4.16. The van der Waals surface area contributed by atoms with Crippen LogP contribution in [-0.4, -0.2) is 12.5 Å². The van der Waals surface area contributed by atoms with Crippen LogP contribution in [0.5, 0.6) is 0 Å². The molecule has 1 aromatic rings. The van der Waals surface area contributed by atoms with E-state index in [4.69, 9.17) is 0 Å². The average molecular weight is 206 g/mol. The first-order valence-corrected chi connectivity index (χ1v) is 5.25. The molecule has 3 heteroatoms. The Morgan fingerprint density at radius 2 is 2.13 bits per heavy atom. The van der Waals surface area contributed by atoms with E-state index in [0.717, 1.165) is 29.9 Å². The monoisotopic (exact) mass is 206 g/mol. The number of nitrogens with one attached hydrogen (secondary N) is 2. The summed E-state index contributed by atoms with van der Waals surface area (Å²) in [5, 5.41) is 6.09. The number of rotatable bonds is 4. The summed E-state index contributed by atoms with van der Waals surface area (Å²) < 4.78 is 0. The van der Waals surface area contributed by atoms with Gasteiger partial charge in [-0.25, -0.2) is 0 Å². The van der Waals surface area contributed by atoms with Crippen LogP contribution in [0.15, 0.2) is 18.2 Å². The van der Waals surface area contributed by atoms with E-state index in [1.54, 1.807) is 0 Å². The highest BCUT2D eigenvalue weighted by Crippen LogP contribution is 2.19. The molecule has 0 unspecified atom stereocenters. The standard InChI is InChI=1S/C12H18N2O/c1-4-7-13-12-6-5-11(8-9(12)2)14-10(3)15/h5-6,8,13H,4,7H2,1-3H3,(H,14,15). The molecule has 0 fully saturated rings. The van der Waals surface area contributed by atoms with Crippen molar-refractivity contribution in [3.63, 3.8) is 0 Å². The molecule has 0 heterocycles. The van der Waals surface area contributed by atoms with Crippen LogP contribution in [0.1, 0.15) is 25.8 Å². The minimum atomic E-state index is -0.0383. The topological polar surface area (TPSA) is 41.1 Å². The Labute approximate surface area is 90.9 Å². The van der Waals surface area contributed by atoms with Gasteiger partial charge in [0.1, 0.15) is 0 Å². The summed E-state index contributed by atoms with van der Waals surface area (Å²) in [4.78, 5) is 10.9. The second kappa shape index (κ2) is 5.39. The summed E-state index contributed by atoms with van der Waals surface area (Å²) in [6.45, 7) is 6.65. The van der Waals surface area contributed by atoms with Gasteiger partial charge in [-0.1, -0.05) is 6.92 Å². The largest absolute Gasteiger partial charge is 0.385 e. The summed E-state index contributed by atoms with van der Waals surface area (Å²) in [5.41, 5.74) is 3.13. The van der Waals surface area contributed by atoms with Gasteiger partial charge in [-0.05, 0) is 37.1 Å². The smallest absolute Gasteiger partial charge is 0.221 e. The van der Waals surface area contributed by atoms with Crippen molar-refractivity contribution in [3.05, 3.63) is 23.8 Å². The van der Waals surface area contributed by atoms with E-state index < -0.39 is 0 Å². The summed E-state index contributed by atoms with van der Waals surface area (Å²) >= 11 is 0. The molecule has 0 aromatic heterocycles. The van der Waals surface area contributed by atoms with Gasteiger partial charge in [0, 0.05) is 24.8 Å². The molecule has 82 valence electrons. The number of amides is 1. The molecular formula is C12H18N2O. The number of carbonyl (C=O) groups is 1. The van der Waals surface area contributed by atoms with Crippen LogP contribution in [0.4, 0.5) is 11.4 Å².